The Kier molecular flexibility index (Phi) is 5.00. The quantitative estimate of drug-likeness (QED) is 0.816. The zero-order valence-electron chi connectivity index (χ0n) is 12.5. The van der Waals surface area contributed by atoms with Crippen molar-refractivity contribution in [2.75, 3.05) is 20.1 Å². The van der Waals surface area contributed by atoms with Gasteiger partial charge in [0.25, 0.3) is 0 Å². The van der Waals surface area contributed by atoms with Gasteiger partial charge >= 0.3 is 0 Å². The fourth-order valence-electron chi connectivity index (χ4n) is 2.95. The Labute approximate surface area is 118 Å². The number of rotatable bonds is 7. The van der Waals surface area contributed by atoms with E-state index in [2.05, 4.69) is 56.1 Å². The number of likely N-dealkylation sites (N-methyl/N-ethyl adjacent to an activating group) is 1. The van der Waals surface area contributed by atoms with E-state index in [-0.39, 0.29) is 0 Å². The molecule has 1 aliphatic carbocycles. The van der Waals surface area contributed by atoms with Crippen molar-refractivity contribution in [2.24, 2.45) is 17.6 Å². The number of nitrogens with zero attached hydrogens (tertiary/aromatic N) is 1. The molecule has 2 heteroatoms. The fraction of sp³-hybridized carbons (Fsp3) is 0.647. The number of nitrogens with two attached hydrogens (primary N) is 1. The standard InChI is InChI=1S/C17H28N2/c1-13-9-16(13)12-19(3)17(11-18)10-14(2)15-7-5-4-6-8-15/h4-8,13-14,16-17H,9-12,18H2,1-3H3. The molecule has 0 bridgehead atoms. The topological polar surface area (TPSA) is 29.3 Å². The van der Waals surface area contributed by atoms with Crippen molar-refractivity contribution in [2.45, 2.75) is 38.6 Å². The van der Waals surface area contributed by atoms with Gasteiger partial charge in [-0.15, -0.1) is 0 Å². The third-order valence-electron chi connectivity index (χ3n) is 4.69. The molecule has 0 spiro atoms. The highest BCUT2D eigenvalue weighted by molar-refractivity contribution is 5.18. The molecule has 0 heterocycles. The molecule has 1 fully saturated rings. The van der Waals surface area contributed by atoms with Crippen LogP contribution >= 0.6 is 0 Å². The summed E-state index contributed by atoms with van der Waals surface area (Å²) in [5.41, 5.74) is 7.41. The molecule has 0 saturated heterocycles. The molecule has 0 radical (unpaired) electrons. The van der Waals surface area contributed by atoms with Crippen molar-refractivity contribution in [3.8, 4) is 0 Å². The molecule has 1 aliphatic rings. The van der Waals surface area contributed by atoms with Crippen molar-refractivity contribution in [3.63, 3.8) is 0 Å². The van der Waals surface area contributed by atoms with Crippen LogP contribution in [0.15, 0.2) is 30.3 Å². The largest absolute Gasteiger partial charge is 0.329 e. The van der Waals surface area contributed by atoms with Crippen LogP contribution in [0.1, 0.15) is 38.2 Å². The second kappa shape index (κ2) is 6.53. The normalized spacial score (nSPS) is 25.3. The number of hydrogen-bond acceptors (Lipinski definition) is 2. The first-order valence-electron chi connectivity index (χ1n) is 7.57. The molecule has 1 aromatic carbocycles. The van der Waals surface area contributed by atoms with Crippen LogP contribution in [0.25, 0.3) is 0 Å². The maximum absolute atomic E-state index is 5.99. The van der Waals surface area contributed by atoms with Crippen molar-refractivity contribution >= 4 is 0 Å². The second-order valence-electron chi connectivity index (χ2n) is 6.35. The summed E-state index contributed by atoms with van der Waals surface area (Å²) in [5, 5.41) is 0. The Hall–Kier alpha value is -0.860. The van der Waals surface area contributed by atoms with E-state index < -0.39 is 0 Å². The van der Waals surface area contributed by atoms with Gasteiger partial charge in [0.15, 0.2) is 0 Å². The van der Waals surface area contributed by atoms with Crippen LogP contribution in [0, 0.1) is 11.8 Å². The summed E-state index contributed by atoms with van der Waals surface area (Å²) < 4.78 is 0. The van der Waals surface area contributed by atoms with Crippen molar-refractivity contribution in [1.29, 1.82) is 0 Å². The average molecular weight is 260 g/mol. The minimum absolute atomic E-state index is 0.503. The fourth-order valence-corrected chi connectivity index (χ4v) is 2.95. The summed E-state index contributed by atoms with van der Waals surface area (Å²) >= 11 is 0. The molecule has 0 amide bonds. The summed E-state index contributed by atoms with van der Waals surface area (Å²) in [6, 6.07) is 11.3. The van der Waals surface area contributed by atoms with Gasteiger partial charge in [-0.3, -0.25) is 0 Å². The maximum atomic E-state index is 5.99. The highest BCUT2D eigenvalue weighted by Crippen LogP contribution is 2.38. The molecule has 1 saturated carbocycles. The predicted octanol–water partition coefficient (Wildman–Crippen LogP) is 3.10. The lowest BCUT2D eigenvalue weighted by atomic mass is 9.93. The van der Waals surface area contributed by atoms with Gasteiger partial charge < -0.3 is 10.6 Å². The molecule has 4 atom stereocenters. The molecule has 19 heavy (non-hydrogen) atoms. The van der Waals surface area contributed by atoms with E-state index in [9.17, 15) is 0 Å². The van der Waals surface area contributed by atoms with Gasteiger partial charge in [-0.2, -0.15) is 0 Å². The van der Waals surface area contributed by atoms with Crippen molar-refractivity contribution < 1.29 is 0 Å². The average Bonchev–Trinajstić information content (AvgIpc) is 3.11. The molecular formula is C17H28N2. The first-order valence-corrected chi connectivity index (χ1v) is 7.57. The zero-order valence-corrected chi connectivity index (χ0v) is 12.5. The second-order valence-corrected chi connectivity index (χ2v) is 6.35. The number of hydrogen-bond donors (Lipinski definition) is 1. The van der Waals surface area contributed by atoms with E-state index in [1.807, 2.05) is 0 Å². The van der Waals surface area contributed by atoms with Crippen molar-refractivity contribution in [1.82, 2.24) is 4.90 Å². The Bertz CT molecular complexity index is 376. The van der Waals surface area contributed by atoms with E-state index in [1.165, 1.54) is 18.5 Å². The third kappa shape index (κ3) is 4.05. The van der Waals surface area contributed by atoms with Gasteiger partial charge in [0, 0.05) is 19.1 Å². The lowest BCUT2D eigenvalue weighted by Crippen LogP contribution is -2.40. The monoisotopic (exact) mass is 260 g/mol. The Morgan fingerprint density at radius 3 is 2.47 bits per heavy atom. The smallest absolute Gasteiger partial charge is 0.0221 e. The summed E-state index contributed by atoms with van der Waals surface area (Å²) in [7, 11) is 2.24. The molecule has 106 valence electrons. The lowest BCUT2D eigenvalue weighted by Gasteiger charge is -2.29. The van der Waals surface area contributed by atoms with E-state index in [4.69, 9.17) is 5.73 Å². The molecule has 2 nitrogen and oxygen atoms in total. The summed E-state index contributed by atoms with van der Waals surface area (Å²) in [6.07, 6.45) is 2.55. The van der Waals surface area contributed by atoms with Gasteiger partial charge in [-0.05, 0) is 43.2 Å². The molecular weight excluding hydrogens is 232 g/mol. The maximum Gasteiger partial charge on any atom is 0.0221 e. The third-order valence-corrected chi connectivity index (χ3v) is 4.69. The van der Waals surface area contributed by atoms with E-state index in [0.29, 0.717) is 12.0 Å². The van der Waals surface area contributed by atoms with Crippen LogP contribution in [0.5, 0.6) is 0 Å². The summed E-state index contributed by atoms with van der Waals surface area (Å²) in [6.45, 7) is 6.63. The Morgan fingerprint density at radius 2 is 1.95 bits per heavy atom. The summed E-state index contributed by atoms with van der Waals surface area (Å²) in [4.78, 5) is 2.48. The highest BCUT2D eigenvalue weighted by atomic mass is 15.1. The van der Waals surface area contributed by atoms with Crippen LogP contribution in [-0.4, -0.2) is 31.1 Å². The van der Waals surface area contributed by atoms with Crippen LogP contribution in [-0.2, 0) is 0 Å². The Balaban J connectivity index is 1.87. The molecule has 0 aliphatic heterocycles. The van der Waals surface area contributed by atoms with Gasteiger partial charge in [0.1, 0.15) is 0 Å². The van der Waals surface area contributed by atoms with Gasteiger partial charge in [0.05, 0.1) is 0 Å². The minimum Gasteiger partial charge on any atom is -0.329 e. The Morgan fingerprint density at radius 1 is 1.32 bits per heavy atom. The summed E-state index contributed by atoms with van der Waals surface area (Å²) in [5.74, 6) is 2.41. The van der Waals surface area contributed by atoms with E-state index in [1.54, 1.807) is 0 Å². The highest BCUT2D eigenvalue weighted by Gasteiger charge is 2.34. The van der Waals surface area contributed by atoms with Crippen LogP contribution < -0.4 is 5.73 Å². The zero-order chi connectivity index (χ0) is 13.8. The van der Waals surface area contributed by atoms with E-state index >= 15 is 0 Å². The molecule has 4 unspecified atom stereocenters. The van der Waals surface area contributed by atoms with Crippen LogP contribution in [0.2, 0.25) is 0 Å². The molecule has 0 aromatic heterocycles. The first kappa shape index (κ1) is 14.5. The lowest BCUT2D eigenvalue weighted by molar-refractivity contribution is 0.216. The van der Waals surface area contributed by atoms with Crippen molar-refractivity contribution in [3.05, 3.63) is 35.9 Å². The predicted molar refractivity (Wildman–Crippen MR) is 82.2 cm³/mol. The van der Waals surface area contributed by atoms with Gasteiger partial charge in [-0.25, -0.2) is 0 Å². The first-order chi connectivity index (χ1) is 9.11. The van der Waals surface area contributed by atoms with Gasteiger partial charge in [0.2, 0.25) is 0 Å². The molecule has 2 N–H and O–H groups in total. The number of benzene rings is 1. The van der Waals surface area contributed by atoms with Gasteiger partial charge in [-0.1, -0.05) is 44.2 Å². The molecule has 1 aromatic rings. The molecule has 2 rings (SSSR count). The SMILES string of the molecule is CC(CC(CN)N(C)CC1CC1C)c1ccccc1. The van der Waals surface area contributed by atoms with Crippen LogP contribution in [0.4, 0.5) is 0 Å². The van der Waals surface area contributed by atoms with Crippen LogP contribution in [0.3, 0.4) is 0 Å². The van der Waals surface area contributed by atoms with E-state index in [0.717, 1.165) is 24.8 Å². The minimum atomic E-state index is 0.503.